The number of para-hydroxylation sites is 1. The minimum absolute atomic E-state index is 0.184. The van der Waals surface area contributed by atoms with Crippen molar-refractivity contribution >= 4 is 28.2 Å². The second-order valence-corrected chi connectivity index (χ2v) is 12.2. The zero-order valence-corrected chi connectivity index (χ0v) is 27.2. The Hall–Kier alpha value is -6.48. The van der Waals surface area contributed by atoms with Crippen molar-refractivity contribution in [3.05, 3.63) is 204 Å². The molecule has 0 fully saturated rings. The second-order valence-electron chi connectivity index (χ2n) is 12.2. The van der Waals surface area contributed by atoms with E-state index >= 15 is 0 Å². The molecule has 0 saturated carbocycles. The zero-order chi connectivity index (χ0) is 33.2. The fourth-order valence-corrected chi connectivity index (χ4v) is 6.61. The van der Waals surface area contributed by atoms with Gasteiger partial charge < -0.3 is 10.6 Å². The monoisotopic (exact) mass is 630 g/mol. The predicted molar refractivity (Wildman–Crippen MR) is 203 cm³/mol. The number of allylic oxidation sites excluding steroid dienone is 5. The minimum Gasteiger partial charge on any atom is -0.398 e. The molecular formula is C45H34N4. The van der Waals surface area contributed by atoms with Crippen LogP contribution in [0.2, 0.25) is 0 Å². The Kier molecular flexibility index (Phi) is 7.91. The zero-order valence-electron chi connectivity index (χ0n) is 27.2. The third-order valence-corrected chi connectivity index (χ3v) is 9.02. The molecule has 49 heavy (non-hydrogen) atoms. The molecule has 0 amide bonds. The molecule has 4 heteroatoms. The van der Waals surface area contributed by atoms with Crippen molar-refractivity contribution in [1.82, 2.24) is 9.97 Å². The summed E-state index contributed by atoms with van der Waals surface area (Å²) >= 11 is 0. The number of rotatable bonds is 6. The van der Waals surface area contributed by atoms with Crippen LogP contribution in [0.3, 0.4) is 0 Å². The molecule has 5 aromatic carbocycles. The summed E-state index contributed by atoms with van der Waals surface area (Å²) in [5.41, 5.74) is 23.3. The Morgan fingerprint density at radius 2 is 1.31 bits per heavy atom. The van der Waals surface area contributed by atoms with Crippen LogP contribution in [-0.2, 0) is 0 Å². The topological polar surface area (TPSA) is 55.0 Å². The lowest BCUT2D eigenvalue weighted by molar-refractivity contribution is 0.968. The molecule has 1 aliphatic carbocycles. The van der Waals surface area contributed by atoms with E-state index in [0.717, 1.165) is 67.5 Å². The first-order chi connectivity index (χ1) is 24.1. The first-order valence-corrected chi connectivity index (χ1v) is 16.5. The number of benzene rings is 5. The Morgan fingerprint density at radius 3 is 2.00 bits per heavy atom. The highest BCUT2D eigenvalue weighted by molar-refractivity contribution is 6.03. The van der Waals surface area contributed by atoms with Gasteiger partial charge in [-0.15, -0.1) is 0 Å². The lowest BCUT2D eigenvalue weighted by Crippen LogP contribution is -2.22. The number of nitrogens with two attached hydrogens (primary N) is 1. The van der Waals surface area contributed by atoms with E-state index in [-0.39, 0.29) is 5.92 Å². The molecule has 2 N–H and O–H groups in total. The van der Waals surface area contributed by atoms with Crippen molar-refractivity contribution in [3.8, 4) is 22.5 Å². The predicted octanol–water partition coefficient (Wildman–Crippen LogP) is 10.8. The summed E-state index contributed by atoms with van der Waals surface area (Å²) in [4.78, 5) is 12.5. The fraction of sp³-hybridized carbons (Fsp3) is 0.0444. The lowest BCUT2D eigenvalue weighted by atomic mass is 9.85. The quantitative estimate of drug-likeness (QED) is 0.147. The van der Waals surface area contributed by atoms with Crippen LogP contribution >= 0.6 is 0 Å². The Bertz CT molecular complexity index is 2270. The molecule has 0 saturated heterocycles. The normalized spacial score (nSPS) is 14.8. The third-order valence-electron chi connectivity index (χ3n) is 9.02. The highest BCUT2D eigenvalue weighted by atomic mass is 15.2. The largest absolute Gasteiger partial charge is 0.398 e. The third kappa shape index (κ3) is 5.82. The van der Waals surface area contributed by atoms with Gasteiger partial charge in [0.15, 0.2) is 5.82 Å². The number of nitrogen functional groups attached to an aromatic ring is 1. The maximum absolute atomic E-state index is 6.84. The molecule has 0 bridgehead atoms. The number of aromatic nitrogens is 2. The highest BCUT2D eigenvalue weighted by Gasteiger charge is 2.30. The molecule has 1 atom stereocenters. The minimum atomic E-state index is 0.184. The molecule has 2 aliphatic rings. The van der Waals surface area contributed by atoms with Crippen molar-refractivity contribution in [2.45, 2.75) is 12.8 Å². The first-order valence-electron chi connectivity index (χ1n) is 16.5. The van der Waals surface area contributed by atoms with Crippen LogP contribution in [0.15, 0.2) is 181 Å². The molecule has 6 aromatic rings. The van der Waals surface area contributed by atoms with Crippen LogP contribution in [0.5, 0.6) is 0 Å². The summed E-state index contributed by atoms with van der Waals surface area (Å²) in [6.45, 7) is 2.24. The van der Waals surface area contributed by atoms with E-state index < -0.39 is 0 Å². The maximum Gasteiger partial charge on any atom is 0.160 e. The van der Waals surface area contributed by atoms with Gasteiger partial charge in [-0.2, -0.15) is 0 Å². The molecule has 0 spiro atoms. The van der Waals surface area contributed by atoms with E-state index in [2.05, 4.69) is 127 Å². The first kappa shape index (κ1) is 29.9. The average molecular weight is 631 g/mol. The van der Waals surface area contributed by atoms with E-state index in [0.29, 0.717) is 5.82 Å². The Balaban J connectivity index is 1.28. The smallest absolute Gasteiger partial charge is 0.160 e. The van der Waals surface area contributed by atoms with Gasteiger partial charge in [0, 0.05) is 33.5 Å². The molecule has 4 nitrogen and oxygen atoms in total. The number of anilines is 3. The fourth-order valence-electron chi connectivity index (χ4n) is 6.61. The van der Waals surface area contributed by atoms with E-state index in [1.807, 2.05) is 60.7 Å². The van der Waals surface area contributed by atoms with Gasteiger partial charge >= 0.3 is 0 Å². The molecule has 2 heterocycles. The van der Waals surface area contributed by atoms with E-state index in [4.69, 9.17) is 15.7 Å². The van der Waals surface area contributed by atoms with Gasteiger partial charge in [-0.3, -0.25) is 0 Å². The highest BCUT2D eigenvalue weighted by Crippen LogP contribution is 2.50. The second kappa shape index (κ2) is 13.0. The number of nitrogens with zero attached hydrogens (tertiary/aromatic N) is 3. The molecule has 1 aliphatic heterocycles. The number of hydrogen-bond acceptors (Lipinski definition) is 4. The summed E-state index contributed by atoms with van der Waals surface area (Å²) < 4.78 is 0. The van der Waals surface area contributed by atoms with Crippen LogP contribution in [0.4, 0.5) is 17.1 Å². The summed E-state index contributed by atoms with van der Waals surface area (Å²) in [5.74, 6) is 0.824. The van der Waals surface area contributed by atoms with Crippen LogP contribution in [0, 0.1) is 0 Å². The molecule has 0 radical (unpaired) electrons. The average Bonchev–Trinajstić information content (AvgIpc) is 3.42. The van der Waals surface area contributed by atoms with Gasteiger partial charge in [-0.05, 0) is 53.5 Å². The van der Waals surface area contributed by atoms with Gasteiger partial charge in [0.25, 0.3) is 0 Å². The van der Waals surface area contributed by atoms with E-state index in [1.165, 1.54) is 5.56 Å². The molecular weight excluding hydrogens is 597 g/mol. The summed E-state index contributed by atoms with van der Waals surface area (Å²) in [7, 11) is 0. The summed E-state index contributed by atoms with van der Waals surface area (Å²) in [5, 5.41) is 0. The van der Waals surface area contributed by atoms with Gasteiger partial charge in [0.2, 0.25) is 0 Å². The Labute approximate surface area is 287 Å². The number of fused-ring (bicyclic) bond motifs is 2. The van der Waals surface area contributed by atoms with Gasteiger partial charge in [-0.25, -0.2) is 9.97 Å². The molecule has 1 aromatic heterocycles. The maximum atomic E-state index is 6.84. The van der Waals surface area contributed by atoms with Crippen molar-refractivity contribution in [1.29, 1.82) is 0 Å². The SMILES string of the molecule is CC(/C=C1/c2ccccc2N(C2=C=CC=CC(c3nc(-c4ccccc4)cc(-c4ccccc4)n3)=C2)c2cccc(N)c21)c1ccccc1. The van der Waals surface area contributed by atoms with Gasteiger partial charge in [0.1, 0.15) is 0 Å². The van der Waals surface area contributed by atoms with Crippen LogP contribution in [0.25, 0.3) is 33.7 Å². The van der Waals surface area contributed by atoms with Crippen LogP contribution in [0.1, 0.15) is 35.4 Å². The van der Waals surface area contributed by atoms with Crippen LogP contribution in [-0.4, -0.2) is 9.97 Å². The van der Waals surface area contributed by atoms with Gasteiger partial charge in [0.05, 0.1) is 28.5 Å². The molecule has 1 unspecified atom stereocenters. The molecule has 8 rings (SSSR count). The summed E-state index contributed by atoms with van der Waals surface area (Å²) in [6, 6.07) is 47.9. The van der Waals surface area contributed by atoms with Crippen molar-refractivity contribution in [2.75, 3.05) is 10.6 Å². The Morgan fingerprint density at radius 1 is 0.694 bits per heavy atom. The molecule has 234 valence electrons. The van der Waals surface area contributed by atoms with Crippen molar-refractivity contribution in [3.63, 3.8) is 0 Å². The van der Waals surface area contributed by atoms with E-state index in [1.54, 1.807) is 0 Å². The van der Waals surface area contributed by atoms with Crippen molar-refractivity contribution in [2.24, 2.45) is 0 Å². The summed E-state index contributed by atoms with van der Waals surface area (Å²) in [6.07, 6.45) is 10.5. The lowest BCUT2D eigenvalue weighted by Gasteiger charge is -2.35. The van der Waals surface area contributed by atoms with E-state index in [9.17, 15) is 0 Å². The number of hydrogen-bond donors (Lipinski definition) is 1. The van der Waals surface area contributed by atoms with Crippen LogP contribution < -0.4 is 10.6 Å². The standard InChI is InChI=1S/C45H34N4/c1-31(32-16-5-2-6-17-32)28-38-37-24-13-14-26-42(37)49(43-27-15-25-39(46)44(38)43)36-23-12-11-22-35(29-36)45-47-40(33-18-7-3-8-19-33)30-41(48-45)34-20-9-4-10-21-34/h2-22,24-31H,46H2,1H3/b38-28-. The van der Waals surface area contributed by atoms with Gasteiger partial charge in [-0.1, -0.05) is 146 Å². The van der Waals surface area contributed by atoms with Crippen molar-refractivity contribution < 1.29 is 0 Å².